The van der Waals surface area contributed by atoms with E-state index in [1.165, 1.54) is 12.1 Å². The molecule has 0 aliphatic carbocycles. The van der Waals surface area contributed by atoms with Crippen molar-refractivity contribution in [3.05, 3.63) is 65.5 Å². The van der Waals surface area contributed by atoms with Crippen LogP contribution in [0.2, 0.25) is 0 Å². The van der Waals surface area contributed by atoms with Crippen molar-refractivity contribution < 1.29 is 18.8 Å². The summed E-state index contributed by atoms with van der Waals surface area (Å²) in [5.74, 6) is 0.594. The van der Waals surface area contributed by atoms with E-state index in [0.29, 0.717) is 12.4 Å². The summed E-state index contributed by atoms with van der Waals surface area (Å²) < 4.78 is 18.8. The van der Waals surface area contributed by atoms with Gasteiger partial charge in [-0.2, -0.15) is 5.10 Å². The fourth-order valence-corrected chi connectivity index (χ4v) is 2.97. The average Bonchev–Trinajstić information content (AvgIpc) is 3.13. The number of carbonyl (C=O) groups is 1. The molecule has 1 aliphatic heterocycles. The first-order valence-corrected chi connectivity index (χ1v) is 9.51. The molecule has 6 nitrogen and oxygen atoms in total. The molecule has 0 N–H and O–H groups in total. The lowest BCUT2D eigenvalue weighted by atomic mass is 10.0. The van der Waals surface area contributed by atoms with Crippen LogP contribution in [0.15, 0.2) is 58.8 Å². The SMILES string of the molecule is CCC(=O)O/N=C(/C)N1N=C(C)CC1c1ccc(OCc2ccc(F)cc2)cc1. The predicted molar refractivity (Wildman–Crippen MR) is 109 cm³/mol. The molecule has 2 aromatic carbocycles. The molecule has 0 radical (unpaired) electrons. The quantitative estimate of drug-likeness (QED) is 0.304. The number of carbonyl (C=O) groups excluding carboxylic acids is 1. The van der Waals surface area contributed by atoms with E-state index < -0.39 is 0 Å². The molecule has 1 aliphatic rings. The second kappa shape index (κ2) is 9.32. The van der Waals surface area contributed by atoms with Gasteiger partial charge < -0.3 is 9.57 Å². The minimum atomic E-state index is -0.386. The maximum atomic E-state index is 13.0. The van der Waals surface area contributed by atoms with Crippen molar-refractivity contribution in [2.24, 2.45) is 10.3 Å². The van der Waals surface area contributed by atoms with Gasteiger partial charge in [0.15, 0.2) is 5.84 Å². The van der Waals surface area contributed by atoms with Gasteiger partial charge in [-0.05, 0) is 49.2 Å². The van der Waals surface area contributed by atoms with Crippen LogP contribution in [0.25, 0.3) is 0 Å². The van der Waals surface area contributed by atoms with Crippen LogP contribution in [-0.4, -0.2) is 22.5 Å². The molecule has 1 unspecified atom stereocenters. The lowest BCUT2D eigenvalue weighted by molar-refractivity contribution is -0.143. The molecule has 7 heteroatoms. The first-order chi connectivity index (χ1) is 14.0. The Morgan fingerprint density at radius 1 is 1.21 bits per heavy atom. The zero-order valence-electron chi connectivity index (χ0n) is 16.8. The van der Waals surface area contributed by atoms with Crippen molar-refractivity contribution in [1.29, 1.82) is 0 Å². The number of hydrogen-bond acceptors (Lipinski definition) is 5. The predicted octanol–water partition coefficient (Wildman–Crippen LogP) is 4.81. The van der Waals surface area contributed by atoms with Crippen LogP contribution in [0.5, 0.6) is 5.75 Å². The summed E-state index contributed by atoms with van der Waals surface area (Å²) in [5.41, 5.74) is 2.93. The summed E-state index contributed by atoms with van der Waals surface area (Å²) >= 11 is 0. The van der Waals surface area contributed by atoms with Crippen LogP contribution in [0, 0.1) is 5.82 Å². The molecule has 152 valence electrons. The van der Waals surface area contributed by atoms with Gasteiger partial charge in [0, 0.05) is 18.6 Å². The minimum absolute atomic E-state index is 0.0229. The van der Waals surface area contributed by atoms with Crippen LogP contribution in [0.4, 0.5) is 4.39 Å². The molecule has 0 saturated carbocycles. The highest BCUT2D eigenvalue weighted by molar-refractivity contribution is 5.89. The molecule has 1 heterocycles. The number of hydrazone groups is 1. The number of nitrogens with zero attached hydrogens (tertiary/aromatic N) is 3. The second-order valence-corrected chi connectivity index (χ2v) is 6.84. The van der Waals surface area contributed by atoms with Gasteiger partial charge in [0.05, 0.1) is 6.04 Å². The van der Waals surface area contributed by atoms with Crippen molar-refractivity contribution in [3.63, 3.8) is 0 Å². The highest BCUT2D eigenvalue weighted by atomic mass is 19.1. The molecule has 0 spiro atoms. The van der Waals surface area contributed by atoms with Crippen molar-refractivity contribution in [3.8, 4) is 5.75 Å². The number of amidine groups is 1. The number of halogens is 1. The number of benzene rings is 2. The van der Waals surface area contributed by atoms with E-state index in [4.69, 9.17) is 9.57 Å². The zero-order valence-corrected chi connectivity index (χ0v) is 16.8. The Labute approximate surface area is 169 Å². The van der Waals surface area contributed by atoms with Gasteiger partial charge in [-0.3, -0.25) is 0 Å². The molecule has 29 heavy (non-hydrogen) atoms. The normalized spacial score (nSPS) is 16.6. The van der Waals surface area contributed by atoms with Crippen LogP contribution >= 0.6 is 0 Å². The number of rotatable bonds is 6. The molecule has 2 aromatic rings. The summed E-state index contributed by atoms with van der Waals surface area (Å²) in [6.45, 7) is 5.80. The monoisotopic (exact) mass is 397 g/mol. The minimum Gasteiger partial charge on any atom is -0.489 e. The molecular formula is C22H24FN3O3. The Hall–Kier alpha value is -3.22. The summed E-state index contributed by atoms with van der Waals surface area (Å²) in [6, 6.07) is 14.0. The van der Waals surface area contributed by atoms with Crippen LogP contribution in [0.1, 0.15) is 50.8 Å². The standard InChI is InChI=1S/C22H24FN3O3/c1-4-22(27)29-25-16(3)26-21(13-15(2)24-26)18-7-11-20(12-8-18)28-14-17-5-9-19(23)10-6-17/h5-12,21H,4,13-14H2,1-3H3/b25-16-. The van der Waals surface area contributed by atoms with E-state index >= 15 is 0 Å². The average molecular weight is 397 g/mol. The fourth-order valence-electron chi connectivity index (χ4n) is 2.97. The molecular weight excluding hydrogens is 373 g/mol. The highest BCUT2D eigenvalue weighted by Crippen LogP contribution is 2.32. The molecule has 0 bridgehead atoms. The van der Waals surface area contributed by atoms with E-state index in [2.05, 4.69) is 10.3 Å². The van der Waals surface area contributed by atoms with E-state index in [1.807, 2.05) is 31.2 Å². The zero-order chi connectivity index (χ0) is 20.8. The first kappa shape index (κ1) is 20.5. The lowest BCUT2D eigenvalue weighted by Gasteiger charge is -2.23. The van der Waals surface area contributed by atoms with Gasteiger partial charge in [-0.1, -0.05) is 36.3 Å². The largest absolute Gasteiger partial charge is 0.489 e. The summed E-state index contributed by atoms with van der Waals surface area (Å²) in [6.07, 6.45) is 1.02. The Morgan fingerprint density at radius 2 is 1.90 bits per heavy atom. The first-order valence-electron chi connectivity index (χ1n) is 9.51. The van der Waals surface area contributed by atoms with Gasteiger partial charge in [-0.15, -0.1) is 0 Å². The maximum absolute atomic E-state index is 13.0. The van der Waals surface area contributed by atoms with Crippen molar-refractivity contribution in [1.82, 2.24) is 5.01 Å². The van der Waals surface area contributed by atoms with Crippen molar-refractivity contribution in [2.45, 2.75) is 46.3 Å². The van der Waals surface area contributed by atoms with Gasteiger partial charge >= 0.3 is 5.97 Å². The van der Waals surface area contributed by atoms with Crippen molar-refractivity contribution >= 4 is 17.5 Å². The van der Waals surface area contributed by atoms with Gasteiger partial charge in [0.2, 0.25) is 0 Å². The smallest absolute Gasteiger partial charge is 0.334 e. The Balaban J connectivity index is 1.66. The van der Waals surface area contributed by atoms with Gasteiger partial charge in [-0.25, -0.2) is 14.2 Å². The molecule has 0 saturated heterocycles. The number of ether oxygens (including phenoxy) is 1. The maximum Gasteiger partial charge on any atom is 0.334 e. The van der Waals surface area contributed by atoms with E-state index in [9.17, 15) is 9.18 Å². The summed E-state index contributed by atoms with van der Waals surface area (Å²) in [5, 5.41) is 10.2. The molecule has 0 amide bonds. The molecule has 0 aromatic heterocycles. The van der Waals surface area contributed by atoms with E-state index in [0.717, 1.165) is 29.0 Å². The fraction of sp³-hybridized carbons (Fsp3) is 0.318. The van der Waals surface area contributed by atoms with Crippen LogP contribution < -0.4 is 4.74 Å². The van der Waals surface area contributed by atoms with E-state index in [-0.39, 0.29) is 24.2 Å². The third-order valence-corrected chi connectivity index (χ3v) is 4.55. The van der Waals surface area contributed by atoms with Crippen LogP contribution in [0.3, 0.4) is 0 Å². The lowest BCUT2D eigenvalue weighted by Crippen LogP contribution is -2.25. The van der Waals surface area contributed by atoms with E-state index in [1.54, 1.807) is 31.0 Å². The Kier molecular flexibility index (Phi) is 6.59. The summed E-state index contributed by atoms with van der Waals surface area (Å²) in [4.78, 5) is 16.2. The second-order valence-electron chi connectivity index (χ2n) is 6.84. The molecule has 0 fully saturated rings. The highest BCUT2D eigenvalue weighted by Gasteiger charge is 2.28. The van der Waals surface area contributed by atoms with Crippen molar-refractivity contribution in [2.75, 3.05) is 0 Å². The summed E-state index contributed by atoms with van der Waals surface area (Å²) in [7, 11) is 0. The number of oxime groups is 1. The number of hydrogen-bond donors (Lipinski definition) is 0. The Bertz CT molecular complexity index is 908. The van der Waals surface area contributed by atoms with Gasteiger partial charge in [0.1, 0.15) is 18.2 Å². The molecule has 3 rings (SSSR count). The topological polar surface area (TPSA) is 63.5 Å². The van der Waals surface area contributed by atoms with Crippen LogP contribution in [-0.2, 0) is 16.2 Å². The molecule has 1 atom stereocenters. The third-order valence-electron chi connectivity index (χ3n) is 4.55. The van der Waals surface area contributed by atoms with Gasteiger partial charge in [0.25, 0.3) is 0 Å². The Morgan fingerprint density at radius 3 is 2.55 bits per heavy atom. The third kappa shape index (κ3) is 5.40.